The number of carbonyl (C=O) groups is 2. The lowest BCUT2D eigenvalue weighted by molar-refractivity contribution is -0.132. The molecular weight excluding hydrogens is 376 g/mol. The average Bonchev–Trinajstić information content (AvgIpc) is 3.49. The molecule has 0 bridgehead atoms. The molecule has 3 aromatic rings. The number of Topliss-reactive ketones (excluding diaryl/α,β-unsaturated/α-hetero) is 1. The molecule has 1 saturated heterocycles. The predicted octanol–water partition coefficient (Wildman–Crippen LogP) is 3.61. The molecule has 3 aliphatic rings. The molecule has 0 N–H and O–H groups in total. The largest absolute Gasteiger partial charge is 0.469 e. The van der Waals surface area contributed by atoms with Gasteiger partial charge in [-0.3, -0.25) is 14.5 Å². The first-order valence-corrected chi connectivity index (χ1v) is 10.3. The van der Waals surface area contributed by atoms with Crippen LogP contribution in [0.4, 0.5) is 5.69 Å². The Labute approximate surface area is 174 Å². The number of likely N-dealkylation sites (tertiary alicyclic amines) is 1. The third-order valence-corrected chi connectivity index (χ3v) is 7.56. The lowest BCUT2D eigenvalue weighted by atomic mass is 9.59. The van der Waals surface area contributed by atoms with E-state index in [9.17, 15) is 9.59 Å². The molecular formula is C25H22N2O3. The molecule has 5 nitrogen and oxygen atoms in total. The Morgan fingerprint density at radius 3 is 2.50 bits per heavy atom. The smallest absolute Gasteiger partial charge is 0.253 e. The van der Waals surface area contributed by atoms with Crippen molar-refractivity contribution >= 4 is 17.4 Å². The predicted molar refractivity (Wildman–Crippen MR) is 113 cm³/mol. The third-order valence-electron chi connectivity index (χ3n) is 7.56. The van der Waals surface area contributed by atoms with Gasteiger partial charge in [0, 0.05) is 36.3 Å². The number of fused-ring (bicyclic) bond motifs is 4. The van der Waals surface area contributed by atoms with E-state index < -0.39 is 11.0 Å². The van der Waals surface area contributed by atoms with E-state index in [4.69, 9.17) is 4.42 Å². The zero-order valence-corrected chi connectivity index (χ0v) is 17.0. The van der Waals surface area contributed by atoms with Crippen molar-refractivity contribution in [1.82, 2.24) is 4.90 Å². The van der Waals surface area contributed by atoms with Crippen LogP contribution >= 0.6 is 0 Å². The summed E-state index contributed by atoms with van der Waals surface area (Å²) in [6.07, 6.45) is 2.17. The van der Waals surface area contributed by atoms with E-state index >= 15 is 0 Å². The number of hydrogen-bond donors (Lipinski definition) is 0. The lowest BCUT2D eigenvalue weighted by Gasteiger charge is -2.43. The fourth-order valence-electron chi connectivity index (χ4n) is 6.41. The van der Waals surface area contributed by atoms with Gasteiger partial charge in [-0.2, -0.15) is 0 Å². The van der Waals surface area contributed by atoms with Crippen molar-refractivity contribution in [3.63, 3.8) is 0 Å². The van der Waals surface area contributed by atoms with E-state index in [0.717, 1.165) is 28.1 Å². The first kappa shape index (κ1) is 17.7. The maximum atomic E-state index is 14.3. The Bertz CT molecular complexity index is 1200. The van der Waals surface area contributed by atoms with Crippen LogP contribution in [-0.2, 0) is 16.8 Å². The van der Waals surface area contributed by atoms with Gasteiger partial charge in [0.2, 0.25) is 0 Å². The van der Waals surface area contributed by atoms with Gasteiger partial charge in [0.05, 0.1) is 11.7 Å². The van der Waals surface area contributed by atoms with Gasteiger partial charge in [-0.05, 0) is 37.2 Å². The number of amides is 1. The molecule has 2 spiro atoms. The van der Waals surface area contributed by atoms with E-state index in [0.29, 0.717) is 13.0 Å². The molecule has 1 amide bonds. The molecule has 2 aliphatic heterocycles. The van der Waals surface area contributed by atoms with E-state index in [2.05, 4.69) is 4.90 Å². The van der Waals surface area contributed by atoms with Crippen LogP contribution in [0.3, 0.4) is 0 Å². The first-order valence-electron chi connectivity index (χ1n) is 10.3. The van der Waals surface area contributed by atoms with Crippen LogP contribution < -0.4 is 4.90 Å². The van der Waals surface area contributed by atoms with E-state index in [-0.39, 0.29) is 17.6 Å². The number of likely N-dealkylation sites (N-methyl/N-ethyl adjacent to an activating group) is 2. The Morgan fingerprint density at radius 2 is 1.73 bits per heavy atom. The molecule has 30 heavy (non-hydrogen) atoms. The van der Waals surface area contributed by atoms with Crippen molar-refractivity contribution in [3.8, 4) is 0 Å². The Balaban J connectivity index is 1.70. The Morgan fingerprint density at radius 1 is 0.967 bits per heavy atom. The fraction of sp³-hybridized carbons (Fsp3) is 0.280. The molecule has 1 aromatic heterocycles. The van der Waals surface area contributed by atoms with Crippen molar-refractivity contribution in [2.24, 2.45) is 5.41 Å². The summed E-state index contributed by atoms with van der Waals surface area (Å²) in [5.41, 5.74) is 1.50. The number of nitrogens with zero attached hydrogens (tertiary/aromatic N) is 2. The van der Waals surface area contributed by atoms with E-state index in [1.807, 2.05) is 74.8 Å². The van der Waals surface area contributed by atoms with E-state index in [1.165, 1.54) is 0 Å². The number of carbonyl (C=O) groups excluding carboxylic acids is 2. The van der Waals surface area contributed by atoms with Gasteiger partial charge in [-0.1, -0.05) is 42.5 Å². The molecule has 0 radical (unpaired) electrons. The zero-order chi connectivity index (χ0) is 20.7. The summed E-state index contributed by atoms with van der Waals surface area (Å²) in [4.78, 5) is 32.1. The minimum absolute atomic E-state index is 0.0404. The normalized spacial score (nSPS) is 29.9. The molecule has 1 fully saturated rings. The average molecular weight is 398 g/mol. The highest BCUT2D eigenvalue weighted by Crippen LogP contribution is 2.67. The SMILES string of the molecule is CN1C(=O)[C@@]2(c3ccccc31)N(C)C[C@@H](c1ccco1)[C@@]21Cc2ccccc2C1=O. The minimum atomic E-state index is -1.06. The topological polar surface area (TPSA) is 53.8 Å². The third kappa shape index (κ3) is 1.75. The number of rotatable bonds is 1. The Hall–Kier alpha value is -3.18. The maximum Gasteiger partial charge on any atom is 0.253 e. The summed E-state index contributed by atoms with van der Waals surface area (Å²) in [5.74, 6) is 0.546. The van der Waals surface area contributed by atoms with Gasteiger partial charge in [0.1, 0.15) is 11.3 Å². The summed E-state index contributed by atoms with van der Waals surface area (Å²) in [6.45, 7) is 0.571. The summed E-state index contributed by atoms with van der Waals surface area (Å²) >= 11 is 0. The molecule has 3 atom stereocenters. The number of anilines is 1. The van der Waals surface area contributed by atoms with Gasteiger partial charge in [-0.25, -0.2) is 0 Å². The highest BCUT2D eigenvalue weighted by Gasteiger charge is 2.76. The summed E-state index contributed by atoms with van der Waals surface area (Å²) in [6, 6.07) is 19.5. The number of benzene rings is 2. The van der Waals surface area contributed by atoms with Gasteiger partial charge in [0.15, 0.2) is 5.78 Å². The molecule has 3 heterocycles. The quantitative estimate of drug-likeness (QED) is 0.629. The van der Waals surface area contributed by atoms with Crippen LogP contribution in [0.5, 0.6) is 0 Å². The summed E-state index contributed by atoms with van der Waals surface area (Å²) < 4.78 is 5.85. The molecule has 6 rings (SSSR count). The van der Waals surface area contributed by atoms with Gasteiger partial charge in [0.25, 0.3) is 5.91 Å². The molecule has 1 aliphatic carbocycles. The summed E-state index contributed by atoms with van der Waals surface area (Å²) in [7, 11) is 3.78. The highest BCUT2D eigenvalue weighted by atomic mass is 16.3. The fourth-order valence-corrected chi connectivity index (χ4v) is 6.41. The number of ketones is 1. The van der Waals surface area contributed by atoms with Gasteiger partial charge < -0.3 is 9.32 Å². The number of hydrogen-bond acceptors (Lipinski definition) is 4. The van der Waals surface area contributed by atoms with Crippen molar-refractivity contribution < 1.29 is 14.0 Å². The second kappa shape index (κ2) is 5.70. The van der Waals surface area contributed by atoms with Crippen molar-refractivity contribution in [3.05, 3.63) is 89.4 Å². The molecule has 0 unspecified atom stereocenters. The standard InChI is InChI=1S/C25H22N2O3/c1-26-15-19(21-12-7-13-30-21)24(14-16-8-3-4-9-17(16)22(24)28)25(26)18-10-5-6-11-20(18)27(2)23(25)29/h3-13,19H,14-15H2,1-2H3/t19-,24+,25+/m0/s1. The second-order valence-corrected chi connectivity index (χ2v) is 8.67. The van der Waals surface area contributed by atoms with E-state index in [1.54, 1.807) is 11.2 Å². The Kier molecular flexibility index (Phi) is 3.36. The van der Waals surface area contributed by atoms with Crippen LogP contribution in [0.2, 0.25) is 0 Å². The van der Waals surface area contributed by atoms with Gasteiger partial charge >= 0.3 is 0 Å². The van der Waals surface area contributed by atoms with Crippen LogP contribution in [0.1, 0.15) is 33.2 Å². The maximum absolute atomic E-state index is 14.3. The van der Waals surface area contributed by atoms with Crippen LogP contribution in [0.25, 0.3) is 0 Å². The first-order chi connectivity index (χ1) is 14.5. The van der Waals surface area contributed by atoms with Crippen LogP contribution in [0, 0.1) is 5.41 Å². The van der Waals surface area contributed by atoms with Crippen molar-refractivity contribution in [1.29, 1.82) is 0 Å². The van der Waals surface area contributed by atoms with Crippen LogP contribution in [-0.4, -0.2) is 37.2 Å². The zero-order valence-electron chi connectivity index (χ0n) is 17.0. The second-order valence-electron chi connectivity index (χ2n) is 8.67. The monoisotopic (exact) mass is 398 g/mol. The molecule has 2 aromatic carbocycles. The number of para-hydroxylation sites is 1. The minimum Gasteiger partial charge on any atom is -0.469 e. The summed E-state index contributed by atoms with van der Waals surface area (Å²) in [5, 5.41) is 0. The molecule has 5 heteroatoms. The lowest BCUT2D eigenvalue weighted by Crippen LogP contribution is -2.59. The van der Waals surface area contributed by atoms with Crippen LogP contribution in [0.15, 0.2) is 71.3 Å². The van der Waals surface area contributed by atoms with Crippen molar-refractivity contribution in [2.45, 2.75) is 17.9 Å². The number of furan rings is 1. The van der Waals surface area contributed by atoms with Gasteiger partial charge in [-0.15, -0.1) is 0 Å². The van der Waals surface area contributed by atoms with Crippen molar-refractivity contribution in [2.75, 3.05) is 25.5 Å². The molecule has 0 saturated carbocycles. The highest BCUT2D eigenvalue weighted by molar-refractivity contribution is 6.16. The molecule has 150 valence electrons.